The molecular formula is C9H13F2N3. The second-order valence-electron chi connectivity index (χ2n) is 3.98. The fraction of sp³-hybridized carbons (Fsp3) is 0.778. The predicted molar refractivity (Wildman–Crippen MR) is 50.8 cm³/mol. The molecule has 2 rings (SSSR count). The second kappa shape index (κ2) is 3.00. The summed E-state index contributed by atoms with van der Waals surface area (Å²) < 4.78 is 26.9. The molecule has 0 radical (unpaired) electrons. The van der Waals surface area contributed by atoms with E-state index in [9.17, 15) is 8.78 Å². The second-order valence-corrected chi connectivity index (χ2v) is 3.98. The average Bonchev–Trinajstić information content (AvgIpc) is 2.84. The lowest BCUT2D eigenvalue weighted by Crippen LogP contribution is -2.49. The Bertz CT molecular complexity index is 305. The van der Waals surface area contributed by atoms with Crippen LogP contribution >= 0.6 is 0 Å². The first-order chi connectivity index (χ1) is 6.54. The first-order valence-corrected chi connectivity index (χ1v) is 4.72. The number of hydrogen-bond donors (Lipinski definition) is 1. The summed E-state index contributed by atoms with van der Waals surface area (Å²) in [4.78, 5) is 7.23. The molecule has 78 valence electrons. The number of halogens is 2. The summed E-state index contributed by atoms with van der Waals surface area (Å²) in [6.07, 6.45) is 1.07. The molecule has 1 N–H and O–H groups in total. The first kappa shape index (κ1) is 9.55. The van der Waals surface area contributed by atoms with Gasteiger partial charge in [0.2, 0.25) is 5.79 Å². The average molecular weight is 201 g/mol. The molecule has 2 unspecified atom stereocenters. The summed E-state index contributed by atoms with van der Waals surface area (Å²) in [6, 6.07) is 0. The maximum Gasteiger partial charge on any atom is 0.286 e. The van der Waals surface area contributed by atoms with E-state index in [0.29, 0.717) is 5.84 Å². The van der Waals surface area contributed by atoms with Crippen LogP contribution in [0, 0.1) is 11.8 Å². The zero-order valence-corrected chi connectivity index (χ0v) is 8.22. The Balaban J connectivity index is 2.34. The van der Waals surface area contributed by atoms with Crippen molar-refractivity contribution in [3.8, 4) is 0 Å². The summed E-state index contributed by atoms with van der Waals surface area (Å²) >= 11 is 0. The van der Waals surface area contributed by atoms with Gasteiger partial charge in [0.1, 0.15) is 5.84 Å². The molecule has 0 saturated heterocycles. The van der Waals surface area contributed by atoms with Crippen molar-refractivity contribution in [2.75, 3.05) is 7.05 Å². The number of hydrogen-bond acceptors (Lipinski definition) is 2. The molecule has 0 spiro atoms. The van der Waals surface area contributed by atoms with Gasteiger partial charge in [0, 0.05) is 7.05 Å². The molecule has 2 aliphatic rings. The van der Waals surface area contributed by atoms with Crippen molar-refractivity contribution in [3.05, 3.63) is 0 Å². The Kier molecular flexibility index (Phi) is 2.05. The Morgan fingerprint density at radius 1 is 1.57 bits per heavy atom. The van der Waals surface area contributed by atoms with Gasteiger partial charge in [-0.1, -0.05) is 0 Å². The van der Waals surface area contributed by atoms with Crippen molar-refractivity contribution >= 4 is 11.9 Å². The van der Waals surface area contributed by atoms with Gasteiger partial charge in [0.15, 0.2) is 0 Å². The zero-order valence-electron chi connectivity index (χ0n) is 8.22. The van der Waals surface area contributed by atoms with E-state index in [1.54, 1.807) is 0 Å². The number of rotatable bonds is 1. The molecule has 2 atom stereocenters. The highest BCUT2D eigenvalue weighted by atomic mass is 19.2. The lowest BCUT2D eigenvalue weighted by Gasteiger charge is -2.32. The van der Waals surface area contributed by atoms with Gasteiger partial charge < -0.3 is 5.32 Å². The number of nitrogens with zero attached hydrogens (tertiary/aromatic N) is 2. The molecule has 1 aliphatic carbocycles. The highest BCUT2D eigenvalue weighted by Gasteiger charge is 2.50. The van der Waals surface area contributed by atoms with Gasteiger partial charge in [-0.2, -0.15) is 4.39 Å². The van der Waals surface area contributed by atoms with Gasteiger partial charge in [-0.25, -0.2) is 9.38 Å². The summed E-state index contributed by atoms with van der Waals surface area (Å²) in [5, 5.41) is 2.39. The van der Waals surface area contributed by atoms with Crippen LogP contribution in [0.5, 0.6) is 0 Å². The monoisotopic (exact) mass is 201 g/mol. The molecule has 1 aliphatic heterocycles. The van der Waals surface area contributed by atoms with Crippen molar-refractivity contribution in [1.82, 2.24) is 5.32 Å². The largest absolute Gasteiger partial charge is 0.304 e. The van der Waals surface area contributed by atoms with Gasteiger partial charge in [0.05, 0.1) is 5.92 Å². The van der Waals surface area contributed by atoms with Crippen LogP contribution in [-0.2, 0) is 0 Å². The third-order valence-electron chi connectivity index (χ3n) is 2.74. The molecule has 14 heavy (non-hydrogen) atoms. The SMILES string of the molecule is CN=C1NC(F)=NC(C)(F)C1C1CC1. The highest BCUT2D eigenvalue weighted by molar-refractivity contribution is 6.01. The van der Waals surface area contributed by atoms with Crippen LogP contribution < -0.4 is 5.32 Å². The van der Waals surface area contributed by atoms with Gasteiger partial charge in [-0.05, 0) is 25.7 Å². The van der Waals surface area contributed by atoms with Crippen molar-refractivity contribution in [1.29, 1.82) is 0 Å². The summed E-state index contributed by atoms with van der Waals surface area (Å²) in [5.74, 6) is -1.63. The van der Waals surface area contributed by atoms with Crippen LogP contribution in [0.25, 0.3) is 0 Å². The van der Waals surface area contributed by atoms with E-state index in [1.165, 1.54) is 14.0 Å². The number of amidine groups is 2. The standard InChI is InChI=1S/C9H13F2N3/c1-9(11)6(5-3-4-5)7(12-2)13-8(10)14-9/h5-6H,3-4H2,1-2H3,(H,12,13,14). The van der Waals surface area contributed by atoms with Crippen LogP contribution in [0.2, 0.25) is 0 Å². The Morgan fingerprint density at radius 3 is 2.71 bits per heavy atom. The maximum absolute atomic E-state index is 14.0. The van der Waals surface area contributed by atoms with E-state index in [2.05, 4.69) is 15.3 Å². The molecule has 0 bridgehead atoms. The molecule has 1 fully saturated rings. The normalized spacial score (nSPS) is 40.7. The smallest absolute Gasteiger partial charge is 0.286 e. The van der Waals surface area contributed by atoms with Crippen LogP contribution in [0.1, 0.15) is 19.8 Å². The Morgan fingerprint density at radius 2 is 2.21 bits per heavy atom. The minimum atomic E-state index is -1.86. The molecule has 0 amide bonds. The van der Waals surface area contributed by atoms with Crippen molar-refractivity contribution in [2.24, 2.45) is 21.8 Å². The van der Waals surface area contributed by atoms with E-state index in [4.69, 9.17) is 0 Å². The topological polar surface area (TPSA) is 36.8 Å². The molecule has 1 heterocycles. The van der Waals surface area contributed by atoms with Crippen molar-refractivity contribution < 1.29 is 8.78 Å². The Labute approximate surface area is 81.3 Å². The Hall–Kier alpha value is -1.00. The molecule has 5 heteroatoms. The first-order valence-electron chi connectivity index (χ1n) is 4.72. The van der Waals surface area contributed by atoms with Gasteiger partial charge >= 0.3 is 0 Å². The molecule has 0 aromatic rings. The molecular weight excluding hydrogens is 188 g/mol. The fourth-order valence-electron chi connectivity index (χ4n) is 2.00. The molecule has 1 saturated carbocycles. The van der Waals surface area contributed by atoms with E-state index in [-0.39, 0.29) is 5.92 Å². The predicted octanol–water partition coefficient (Wildman–Crippen LogP) is 1.66. The van der Waals surface area contributed by atoms with E-state index in [0.717, 1.165) is 12.8 Å². The lowest BCUT2D eigenvalue weighted by molar-refractivity contribution is 0.130. The number of aliphatic imine (C=N–C) groups is 2. The number of alkyl halides is 1. The van der Waals surface area contributed by atoms with E-state index < -0.39 is 17.8 Å². The van der Waals surface area contributed by atoms with Crippen LogP contribution in [0.4, 0.5) is 8.78 Å². The maximum atomic E-state index is 14.0. The third kappa shape index (κ3) is 1.51. The molecule has 3 nitrogen and oxygen atoms in total. The van der Waals surface area contributed by atoms with Gasteiger partial charge in [-0.15, -0.1) is 0 Å². The number of nitrogens with one attached hydrogen (secondary N) is 1. The molecule has 0 aromatic carbocycles. The minimum Gasteiger partial charge on any atom is -0.304 e. The van der Waals surface area contributed by atoms with Gasteiger partial charge in [0.25, 0.3) is 6.09 Å². The minimum absolute atomic E-state index is 0.257. The van der Waals surface area contributed by atoms with E-state index in [1.807, 2.05) is 0 Å². The zero-order chi connectivity index (χ0) is 10.3. The van der Waals surface area contributed by atoms with Crippen molar-refractivity contribution in [2.45, 2.75) is 25.6 Å². The van der Waals surface area contributed by atoms with Crippen LogP contribution in [-0.4, -0.2) is 24.8 Å². The molecule has 0 aromatic heterocycles. The highest BCUT2D eigenvalue weighted by Crippen LogP contribution is 2.45. The lowest BCUT2D eigenvalue weighted by atomic mass is 9.91. The van der Waals surface area contributed by atoms with Crippen LogP contribution in [0.3, 0.4) is 0 Å². The fourth-order valence-corrected chi connectivity index (χ4v) is 2.00. The quantitative estimate of drug-likeness (QED) is 0.643. The summed E-state index contributed by atoms with van der Waals surface area (Å²) in [5.41, 5.74) is 0. The van der Waals surface area contributed by atoms with Gasteiger partial charge in [-0.3, -0.25) is 4.99 Å². The van der Waals surface area contributed by atoms with Crippen LogP contribution in [0.15, 0.2) is 9.98 Å². The third-order valence-corrected chi connectivity index (χ3v) is 2.74. The summed E-state index contributed by atoms with van der Waals surface area (Å²) in [7, 11) is 1.53. The van der Waals surface area contributed by atoms with Crippen molar-refractivity contribution in [3.63, 3.8) is 0 Å². The summed E-state index contributed by atoms with van der Waals surface area (Å²) in [6.45, 7) is 1.31. The van der Waals surface area contributed by atoms with E-state index >= 15 is 0 Å².